The van der Waals surface area contributed by atoms with E-state index in [4.69, 9.17) is 9.47 Å². The van der Waals surface area contributed by atoms with E-state index in [0.717, 1.165) is 27.3 Å². The molecule has 0 aromatic heterocycles. The van der Waals surface area contributed by atoms with E-state index in [9.17, 15) is 13.2 Å². The standard InChI is InChI=1S/C22H30N2O5S/c1-7-18(17-11-12-20(28-4)21(13-17)29-5)23-22(25)14-24(30(6,26)27)19-10-8-9-15(2)16(19)3/h8-13,18H,7,14H2,1-6H3,(H,23,25). The summed E-state index contributed by atoms with van der Waals surface area (Å²) in [6, 6.07) is 10.6. The second-order valence-corrected chi connectivity index (χ2v) is 9.04. The Bertz CT molecular complexity index is 1000. The van der Waals surface area contributed by atoms with Crippen molar-refractivity contribution in [1.82, 2.24) is 5.32 Å². The molecule has 0 aliphatic rings. The van der Waals surface area contributed by atoms with E-state index < -0.39 is 10.0 Å². The van der Waals surface area contributed by atoms with Gasteiger partial charge in [-0.3, -0.25) is 9.10 Å². The van der Waals surface area contributed by atoms with Gasteiger partial charge in [-0.25, -0.2) is 8.42 Å². The molecule has 0 saturated carbocycles. The summed E-state index contributed by atoms with van der Waals surface area (Å²) in [5.74, 6) is 0.777. The molecular formula is C22H30N2O5S. The van der Waals surface area contributed by atoms with Crippen LogP contribution in [0.2, 0.25) is 0 Å². The zero-order valence-electron chi connectivity index (χ0n) is 18.4. The van der Waals surface area contributed by atoms with E-state index >= 15 is 0 Å². The lowest BCUT2D eigenvalue weighted by Crippen LogP contribution is -2.41. The van der Waals surface area contributed by atoms with Crippen molar-refractivity contribution in [1.29, 1.82) is 0 Å². The number of rotatable bonds is 9. The third-order valence-corrected chi connectivity index (χ3v) is 6.21. The van der Waals surface area contributed by atoms with Crippen molar-refractivity contribution in [2.45, 2.75) is 33.2 Å². The van der Waals surface area contributed by atoms with Crippen LogP contribution in [0.3, 0.4) is 0 Å². The van der Waals surface area contributed by atoms with Crippen LogP contribution >= 0.6 is 0 Å². The minimum absolute atomic E-state index is 0.294. The Labute approximate surface area is 179 Å². The molecule has 1 N–H and O–H groups in total. The van der Waals surface area contributed by atoms with Crippen molar-refractivity contribution in [3.63, 3.8) is 0 Å². The minimum Gasteiger partial charge on any atom is -0.493 e. The molecule has 2 aromatic rings. The molecule has 7 nitrogen and oxygen atoms in total. The fourth-order valence-corrected chi connectivity index (χ4v) is 4.15. The maximum atomic E-state index is 12.8. The predicted octanol–water partition coefficient (Wildman–Crippen LogP) is 3.35. The van der Waals surface area contributed by atoms with Crippen molar-refractivity contribution < 1.29 is 22.7 Å². The van der Waals surface area contributed by atoms with Gasteiger partial charge >= 0.3 is 0 Å². The second-order valence-electron chi connectivity index (χ2n) is 7.13. The van der Waals surface area contributed by atoms with Gasteiger partial charge in [0, 0.05) is 0 Å². The largest absolute Gasteiger partial charge is 0.493 e. The summed E-state index contributed by atoms with van der Waals surface area (Å²) in [4.78, 5) is 12.8. The summed E-state index contributed by atoms with van der Waals surface area (Å²) in [6.07, 6.45) is 1.73. The zero-order chi connectivity index (χ0) is 22.5. The Morgan fingerprint density at radius 2 is 1.77 bits per heavy atom. The second kappa shape index (κ2) is 9.84. The van der Waals surface area contributed by atoms with E-state index in [1.165, 1.54) is 0 Å². The summed E-state index contributed by atoms with van der Waals surface area (Å²) >= 11 is 0. The first-order valence-corrected chi connectivity index (χ1v) is 11.5. The smallest absolute Gasteiger partial charge is 0.241 e. The number of hydrogen-bond acceptors (Lipinski definition) is 5. The summed E-state index contributed by atoms with van der Waals surface area (Å²) in [5.41, 5.74) is 3.13. The number of amides is 1. The number of nitrogens with zero attached hydrogens (tertiary/aromatic N) is 1. The van der Waals surface area contributed by atoms with Gasteiger partial charge in [0.05, 0.1) is 32.2 Å². The van der Waals surface area contributed by atoms with E-state index in [2.05, 4.69) is 5.32 Å². The number of nitrogens with one attached hydrogen (secondary N) is 1. The quantitative estimate of drug-likeness (QED) is 0.654. The summed E-state index contributed by atoms with van der Waals surface area (Å²) in [6.45, 7) is 5.40. The number of ether oxygens (including phenoxy) is 2. The monoisotopic (exact) mass is 434 g/mol. The van der Waals surface area contributed by atoms with E-state index in [-0.39, 0.29) is 18.5 Å². The molecule has 1 amide bonds. The van der Waals surface area contributed by atoms with Gasteiger partial charge in [0.15, 0.2) is 11.5 Å². The van der Waals surface area contributed by atoms with Crippen LogP contribution in [0.15, 0.2) is 36.4 Å². The number of carbonyl (C=O) groups is 1. The van der Waals surface area contributed by atoms with Gasteiger partial charge < -0.3 is 14.8 Å². The summed E-state index contributed by atoms with van der Waals surface area (Å²) in [7, 11) is -0.533. The van der Waals surface area contributed by atoms with Crippen LogP contribution < -0.4 is 19.1 Å². The Morgan fingerprint density at radius 3 is 2.33 bits per heavy atom. The molecule has 0 aliphatic carbocycles. The van der Waals surface area contributed by atoms with Crippen molar-refractivity contribution in [2.75, 3.05) is 31.3 Å². The van der Waals surface area contributed by atoms with Crippen LogP contribution in [0.5, 0.6) is 11.5 Å². The highest BCUT2D eigenvalue weighted by Crippen LogP contribution is 2.31. The first-order valence-electron chi connectivity index (χ1n) is 9.67. The fourth-order valence-electron chi connectivity index (χ4n) is 3.25. The first kappa shape index (κ1) is 23.5. The highest BCUT2D eigenvalue weighted by molar-refractivity contribution is 7.92. The van der Waals surface area contributed by atoms with Crippen LogP contribution in [0.4, 0.5) is 5.69 Å². The molecule has 164 valence electrons. The number of aryl methyl sites for hydroxylation is 1. The molecule has 0 aliphatic heterocycles. The molecule has 8 heteroatoms. The minimum atomic E-state index is -3.64. The molecule has 1 atom stereocenters. The number of methoxy groups -OCH3 is 2. The highest BCUT2D eigenvalue weighted by atomic mass is 32.2. The number of carbonyl (C=O) groups excluding carboxylic acids is 1. The van der Waals surface area contributed by atoms with Crippen LogP contribution in [0.1, 0.15) is 36.1 Å². The van der Waals surface area contributed by atoms with E-state index in [1.807, 2.05) is 39.0 Å². The van der Waals surface area contributed by atoms with Crippen molar-refractivity contribution in [3.8, 4) is 11.5 Å². The first-order chi connectivity index (χ1) is 14.1. The molecule has 0 spiro atoms. The normalized spacial score (nSPS) is 12.2. The molecule has 2 rings (SSSR count). The van der Waals surface area contributed by atoms with E-state index in [1.54, 1.807) is 32.4 Å². The van der Waals surface area contributed by atoms with Gasteiger partial charge in [-0.1, -0.05) is 25.1 Å². The van der Waals surface area contributed by atoms with Gasteiger partial charge in [-0.2, -0.15) is 0 Å². The Balaban J connectivity index is 2.27. The Kier molecular flexibility index (Phi) is 7.72. The maximum Gasteiger partial charge on any atom is 0.241 e. The molecule has 0 bridgehead atoms. The van der Waals surface area contributed by atoms with Crippen molar-refractivity contribution >= 4 is 21.6 Å². The topological polar surface area (TPSA) is 84.9 Å². The van der Waals surface area contributed by atoms with Crippen LogP contribution in [0, 0.1) is 13.8 Å². The van der Waals surface area contributed by atoms with Crippen molar-refractivity contribution in [2.24, 2.45) is 0 Å². The summed E-state index contributed by atoms with van der Waals surface area (Å²) in [5, 5.41) is 2.94. The number of anilines is 1. The SMILES string of the molecule is CCC(NC(=O)CN(c1cccc(C)c1C)S(C)(=O)=O)c1ccc(OC)c(OC)c1. The predicted molar refractivity (Wildman–Crippen MR) is 119 cm³/mol. The average molecular weight is 435 g/mol. The molecular weight excluding hydrogens is 404 g/mol. The van der Waals surface area contributed by atoms with Gasteiger partial charge in [-0.15, -0.1) is 0 Å². The molecule has 30 heavy (non-hydrogen) atoms. The zero-order valence-corrected chi connectivity index (χ0v) is 19.2. The van der Waals surface area contributed by atoms with Gasteiger partial charge in [0.25, 0.3) is 0 Å². The molecule has 0 saturated heterocycles. The van der Waals surface area contributed by atoms with Gasteiger partial charge in [-0.05, 0) is 55.2 Å². The highest BCUT2D eigenvalue weighted by Gasteiger charge is 2.24. The lowest BCUT2D eigenvalue weighted by Gasteiger charge is -2.26. The third kappa shape index (κ3) is 5.44. The Hall–Kier alpha value is -2.74. The van der Waals surface area contributed by atoms with E-state index in [0.29, 0.717) is 23.6 Å². The van der Waals surface area contributed by atoms with Crippen molar-refractivity contribution in [3.05, 3.63) is 53.1 Å². The number of sulfonamides is 1. The van der Waals surface area contributed by atoms with Crippen LogP contribution in [-0.4, -0.2) is 41.3 Å². The van der Waals surface area contributed by atoms with Gasteiger partial charge in [0.2, 0.25) is 15.9 Å². The number of benzene rings is 2. The van der Waals surface area contributed by atoms with Crippen LogP contribution in [-0.2, 0) is 14.8 Å². The van der Waals surface area contributed by atoms with Gasteiger partial charge in [0.1, 0.15) is 6.54 Å². The summed E-state index contributed by atoms with van der Waals surface area (Å²) < 4.78 is 36.6. The number of hydrogen-bond donors (Lipinski definition) is 1. The lowest BCUT2D eigenvalue weighted by molar-refractivity contribution is -0.120. The maximum absolute atomic E-state index is 12.8. The third-order valence-electron chi connectivity index (χ3n) is 5.09. The molecule has 0 heterocycles. The molecule has 2 aromatic carbocycles. The molecule has 1 unspecified atom stereocenters. The average Bonchev–Trinajstić information content (AvgIpc) is 2.71. The fraction of sp³-hybridized carbons (Fsp3) is 0.409. The Morgan fingerprint density at radius 1 is 1.10 bits per heavy atom. The van der Waals surface area contributed by atoms with Crippen LogP contribution in [0.25, 0.3) is 0 Å². The molecule has 0 fully saturated rings. The molecule has 0 radical (unpaired) electrons. The lowest BCUT2D eigenvalue weighted by atomic mass is 10.0.